The Morgan fingerprint density at radius 3 is 2.43 bits per heavy atom. The first-order valence-corrected chi connectivity index (χ1v) is 11.4. The zero-order chi connectivity index (χ0) is 25.3. The lowest BCUT2D eigenvalue weighted by Gasteiger charge is -2.24. The van der Waals surface area contributed by atoms with Crippen LogP contribution in [0.4, 0.5) is 10.1 Å². The van der Waals surface area contributed by atoms with E-state index >= 15 is 0 Å². The van der Waals surface area contributed by atoms with Crippen LogP contribution in [-0.2, 0) is 14.4 Å². The van der Waals surface area contributed by atoms with Crippen LogP contribution in [-0.4, -0.2) is 29.8 Å². The van der Waals surface area contributed by atoms with Gasteiger partial charge in [-0.25, -0.2) is 4.39 Å². The van der Waals surface area contributed by atoms with Crippen LogP contribution in [0.3, 0.4) is 0 Å². The number of anilines is 1. The molecule has 4 rings (SSSR count). The molecule has 0 fully saturated rings. The van der Waals surface area contributed by atoms with Gasteiger partial charge in [0.15, 0.2) is 5.78 Å². The number of benzene rings is 3. The van der Waals surface area contributed by atoms with Crippen molar-refractivity contribution in [2.24, 2.45) is 5.92 Å². The summed E-state index contributed by atoms with van der Waals surface area (Å²) in [5.74, 6) is -2.76. The molecule has 0 bridgehead atoms. The fourth-order valence-electron chi connectivity index (χ4n) is 4.47. The first-order chi connectivity index (χ1) is 16.7. The van der Waals surface area contributed by atoms with Crippen LogP contribution in [0.15, 0.2) is 66.7 Å². The summed E-state index contributed by atoms with van der Waals surface area (Å²) in [7, 11) is 1.66. The molecule has 0 saturated carbocycles. The van der Waals surface area contributed by atoms with Crippen molar-refractivity contribution in [3.63, 3.8) is 0 Å². The summed E-state index contributed by atoms with van der Waals surface area (Å²) in [5.41, 5.74) is 3.84. The molecule has 6 nitrogen and oxygen atoms in total. The average molecular weight is 475 g/mol. The van der Waals surface area contributed by atoms with Crippen LogP contribution in [0.25, 0.3) is 11.1 Å². The van der Waals surface area contributed by atoms with Crippen LogP contribution in [0, 0.1) is 18.7 Å². The average Bonchev–Trinajstić information content (AvgIpc) is 2.92. The Hall–Kier alpha value is -3.84. The van der Waals surface area contributed by atoms with Crippen molar-refractivity contribution in [2.45, 2.75) is 32.4 Å². The van der Waals surface area contributed by atoms with E-state index in [1.807, 2.05) is 42.5 Å². The zero-order valence-electron chi connectivity index (χ0n) is 19.8. The molecule has 2 N–H and O–H groups in total. The molecule has 1 aliphatic rings. The van der Waals surface area contributed by atoms with Gasteiger partial charge >= 0.3 is 0 Å². The normalized spacial score (nSPS) is 16.5. The minimum absolute atomic E-state index is 0.146. The van der Waals surface area contributed by atoms with E-state index in [0.717, 1.165) is 22.9 Å². The lowest BCUT2D eigenvalue weighted by atomic mass is 9.93. The van der Waals surface area contributed by atoms with Crippen molar-refractivity contribution in [2.75, 3.05) is 11.9 Å². The summed E-state index contributed by atoms with van der Waals surface area (Å²) < 4.78 is 13.7. The van der Waals surface area contributed by atoms with E-state index in [1.165, 1.54) is 17.0 Å². The monoisotopic (exact) mass is 474 g/mol. The molecule has 1 heterocycles. The number of nitrogens with zero attached hydrogens (tertiary/aromatic N) is 1. The smallest absolute Gasteiger partial charge is 0.253 e. The number of Topliss-reactive ketones (excluding diaryl/α,β-unsaturated/α-hetero) is 1. The molecule has 7 heteroatoms. The Labute approximate surface area is 203 Å². The number of fused-ring (bicyclic) bond motifs is 3. The molecular formula is C28H27FN2O4. The minimum atomic E-state index is -1.54. The van der Waals surface area contributed by atoms with Gasteiger partial charge in [-0.15, -0.1) is 0 Å². The summed E-state index contributed by atoms with van der Waals surface area (Å²) in [5, 5.41) is 13.2. The highest BCUT2D eigenvalue weighted by atomic mass is 19.1. The van der Waals surface area contributed by atoms with Gasteiger partial charge in [-0.2, -0.15) is 0 Å². The SMILES string of the molecule is Cc1cc(F)cc([C@H](O)C(=O)C[C@@H](C)C(=O)N[C@@H]2C(=O)N(C)c3ccccc3-c3ccccc32)c1. The standard InChI is InChI=1S/C28H27FN2O4/c1-16-12-18(15-19(29)13-16)26(33)24(32)14-17(2)27(34)30-25-22-10-5-4-8-20(22)21-9-6-7-11-23(21)31(3)28(25)35/h4-13,15,17,25-26,33H,14H2,1-3H3,(H,30,34)/t17-,25+,26+/m1/s1. The number of rotatable bonds is 6. The fourth-order valence-corrected chi connectivity index (χ4v) is 4.47. The molecule has 0 aromatic heterocycles. The Kier molecular flexibility index (Phi) is 6.80. The Morgan fingerprint density at radius 2 is 1.71 bits per heavy atom. The molecule has 35 heavy (non-hydrogen) atoms. The number of hydrogen-bond acceptors (Lipinski definition) is 4. The fraction of sp³-hybridized carbons (Fsp3) is 0.250. The summed E-state index contributed by atoms with van der Waals surface area (Å²) in [4.78, 5) is 40.6. The number of para-hydroxylation sites is 1. The maximum absolute atomic E-state index is 13.7. The predicted octanol–water partition coefficient (Wildman–Crippen LogP) is 4.26. The molecule has 1 aliphatic heterocycles. The molecule has 0 aliphatic carbocycles. The van der Waals surface area contributed by atoms with Crippen LogP contribution in [0.2, 0.25) is 0 Å². The zero-order valence-corrected chi connectivity index (χ0v) is 19.8. The first kappa shape index (κ1) is 24.3. The summed E-state index contributed by atoms with van der Waals surface area (Å²) in [6.45, 7) is 3.22. The van der Waals surface area contributed by atoms with Gasteiger partial charge in [-0.3, -0.25) is 14.4 Å². The van der Waals surface area contributed by atoms with E-state index in [9.17, 15) is 23.9 Å². The van der Waals surface area contributed by atoms with Crippen LogP contribution < -0.4 is 10.2 Å². The Balaban J connectivity index is 1.54. The van der Waals surface area contributed by atoms with Crippen molar-refractivity contribution >= 4 is 23.3 Å². The van der Waals surface area contributed by atoms with Crippen LogP contribution >= 0.6 is 0 Å². The van der Waals surface area contributed by atoms with Gasteiger partial charge in [-0.1, -0.05) is 55.5 Å². The number of carbonyl (C=O) groups is 3. The molecule has 0 unspecified atom stereocenters. The minimum Gasteiger partial charge on any atom is -0.381 e. The first-order valence-electron chi connectivity index (χ1n) is 11.4. The summed E-state index contributed by atoms with van der Waals surface area (Å²) in [6.07, 6.45) is -1.80. The Bertz CT molecular complexity index is 1290. The number of aryl methyl sites for hydroxylation is 1. The molecule has 180 valence electrons. The largest absolute Gasteiger partial charge is 0.381 e. The van der Waals surface area contributed by atoms with E-state index in [1.54, 1.807) is 27.0 Å². The van der Waals surface area contributed by atoms with E-state index in [0.29, 0.717) is 11.1 Å². The van der Waals surface area contributed by atoms with E-state index < -0.39 is 35.6 Å². The van der Waals surface area contributed by atoms with Crippen molar-refractivity contribution < 1.29 is 23.9 Å². The van der Waals surface area contributed by atoms with E-state index in [2.05, 4.69) is 5.32 Å². The molecular weight excluding hydrogens is 447 g/mol. The third-order valence-electron chi connectivity index (χ3n) is 6.33. The van der Waals surface area contributed by atoms with Gasteiger partial charge in [-0.05, 0) is 47.4 Å². The highest BCUT2D eigenvalue weighted by Gasteiger charge is 2.34. The van der Waals surface area contributed by atoms with Crippen molar-refractivity contribution in [1.29, 1.82) is 0 Å². The second kappa shape index (κ2) is 9.80. The maximum Gasteiger partial charge on any atom is 0.253 e. The molecule has 0 saturated heterocycles. The number of halogens is 1. The van der Waals surface area contributed by atoms with Gasteiger partial charge in [0, 0.05) is 24.9 Å². The number of nitrogens with one attached hydrogen (secondary N) is 1. The van der Waals surface area contributed by atoms with Gasteiger partial charge in [0.25, 0.3) is 5.91 Å². The number of hydrogen-bond donors (Lipinski definition) is 2. The summed E-state index contributed by atoms with van der Waals surface area (Å²) >= 11 is 0. The van der Waals surface area contributed by atoms with Gasteiger partial charge in [0.2, 0.25) is 5.91 Å². The lowest BCUT2D eigenvalue weighted by Crippen LogP contribution is -2.43. The third kappa shape index (κ3) is 4.86. The highest BCUT2D eigenvalue weighted by molar-refractivity contribution is 6.06. The molecule has 3 atom stereocenters. The molecule has 0 radical (unpaired) electrons. The Morgan fingerprint density at radius 1 is 1.06 bits per heavy atom. The molecule has 2 amide bonds. The number of amides is 2. The number of ketones is 1. The second-order valence-corrected chi connectivity index (χ2v) is 8.98. The highest BCUT2D eigenvalue weighted by Crippen LogP contribution is 2.39. The second-order valence-electron chi connectivity index (χ2n) is 8.98. The van der Waals surface area contributed by atoms with E-state index in [-0.39, 0.29) is 17.9 Å². The number of aliphatic hydroxyl groups is 1. The third-order valence-corrected chi connectivity index (χ3v) is 6.33. The van der Waals surface area contributed by atoms with Gasteiger partial charge in [0.05, 0.1) is 5.69 Å². The van der Waals surface area contributed by atoms with Crippen molar-refractivity contribution in [1.82, 2.24) is 5.32 Å². The predicted molar refractivity (Wildman–Crippen MR) is 131 cm³/mol. The molecule has 3 aromatic carbocycles. The quantitative estimate of drug-likeness (QED) is 0.559. The van der Waals surface area contributed by atoms with Gasteiger partial charge in [0.1, 0.15) is 18.0 Å². The number of likely N-dealkylation sites (N-methyl/N-ethyl adjacent to an activating group) is 1. The maximum atomic E-state index is 13.7. The topological polar surface area (TPSA) is 86.7 Å². The molecule has 0 spiro atoms. The van der Waals surface area contributed by atoms with Crippen LogP contribution in [0.5, 0.6) is 0 Å². The van der Waals surface area contributed by atoms with Crippen LogP contribution in [0.1, 0.15) is 42.2 Å². The van der Waals surface area contributed by atoms with Crippen molar-refractivity contribution in [3.8, 4) is 11.1 Å². The van der Waals surface area contributed by atoms with Crippen molar-refractivity contribution in [3.05, 3.63) is 89.2 Å². The van der Waals surface area contributed by atoms with E-state index in [4.69, 9.17) is 0 Å². The number of aliphatic hydroxyl groups excluding tert-OH is 1. The number of carbonyl (C=O) groups excluding carboxylic acids is 3. The molecule has 3 aromatic rings. The summed E-state index contributed by atoms with van der Waals surface area (Å²) in [6, 6.07) is 17.9. The van der Waals surface area contributed by atoms with Gasteiger partial charge < -0.3 is 15.3 Å². The lowest BCUT2D eigenvalue weighted by molar-refractivity contribution is -0.134.